The Kier molecular flexibility index (Phi) is 4.77. The van der Waals surface area contributed by atoms with Crippen molar-refractivity contribution < 1.29 is 14.7 Å². The number of fused-ring (bicyclic) bond motifs is 1. The minimum absolute atomic E-state index is 0.119. The molecule has 0 saturated carbocycles. The number of amides is 1. The number of nitrogens with zero attached hydrogens (tertiary/aromatic N) is 1. The molecule has 0 atom stereocenters. The van der Waals surface area contributed by atoms with Crippen molar-refractivity contribution in [3.05, 3.63) is 35.4 Å². The molecular formula is C16H21NO3. The normalized spacial score (nSPS) is 14.1. The summed E-state index contributed by atoms with van der Waals surface area (Å²) in [6.07, 6.45) is 3.65. The number of rotatable bonds is 6. The van der Waals surface area contributed by atoms with Gasteiger partial charge < -0.3 is 10.0 Å². The lowest BCUT2D eigenvalue weighted by atomic mass is 10.1. The van der Waals surface area contributed by atoms with Crippen LogP contribution in [0, 0.1) is 0 Å². The molecule has 0 aromatic heterocycles. The van der Waals surface area contributed by atoms with E-state index in [0.717, 1.165) is 12.8 Å². The molecule has 4 heteroatoms. The molecule has 108 valence electrons. The minimum atomic E-state index is -0.794. The van der Waals surface area contributed by atoms with Gasteiger partial charge >= 0.3 is 5.97 Å². The first-order valence-corrected chi connectivity index (χ1v) is 7.12. The van der Waals surface area contributed by atoms with E-state index >= 15 is 0 Å². The van der Waals surface area contributed by atoms with E-state index in [0.29, 0.717) is 19.3 Å². The summed E-state index contributed by atoms with van der Waals surface area (Å²) in [6, 6.07) is 8.57. The van der Waals surface area contributed by atoms with E-state index in [4.69, 9.17) is 5.11 Å². The summed E-state index contributed by atoms with van der Waals surface area (Å²) < 4.78 is 0. The average molecular weight is 275 g/mol. The van der Waals surface area contributed by atoms with E-state index in [1.54, 1.807) is 0 Å². The Morgan fingerprint density at radius 1 is 1.15 bits per heavy atom. The molecule has 0 fully saturated rings. The second-order valence-corrected chi connectivity index (χ2v) is 5.44. The Balaban J connectivity index is 1.79. The first kappa shape index (κ1) is 14.6. The highest BCUT2D eigenvalue weighted by Gasteiger charge is 2.26. The molecule has 1 aliphatic carbocycles. The van der Waals surface area contributed by atoms with Crippen molar-refractivity contribution in [2.45, 2.75) is 44.6 Å². The average Bonchev–Trinajstić information content (AvgIpc) is 2.86. The van der Waals surface area contributed by atoms with Gasteiger partial charge in [-0.25, -0.2) is 0 Å². The van der Waals surface area contributed by atoms with Crippen LogP contribution in [0.25, 0.3) is 0 Å². The summed E-state index contributed by atoms with van der Waals surface area (Å²) in [6.45, 7) is 0. The van der Waals surface area contributed by atoms with Crippen LogP contribution >= 0.6 is 0 Å². The zero-order valence-electron chi connectivity index (χ0n) is 11.8. The quantitative estimate of drug-likeness (QED) is 0.810. The van der Waals surface area contributed by atoms with Gasteiger partial charge in [-0.15, -0.1) is 0 Å². The Bertz CT molecular complexity index is 473. The Hall–Kier alpha value is -1.84. The summed E-state index contributed by atoms with van der Waals surface area (Å²) in [7, 11) is 1.86. The second-order valence-electron chi connectivity index (χ2n) is 5.44. The van der Waals surface area contributed by atoms with Crippen LogP contribution in [-0.4, -0.2) is 35.0 Å². The fourth-order valence-corrected chi connectivity index (χ4v) is 2.74. The number of carbonyl (C=O) groups is 2. The molecule has 1 aliphatic rings. The van der Waals surface area contributed by atoms with E-state index in [9.17, 15) is 9.59 Å². The number of benzene rings is 1. The number of carbonyl (C=O) groups excluding carboxylic acids is 1. The van der Waals surface area contributed by atoms with Gasteiger partial charge in [-0.05, 0) is 36.8 Å². The largest absolute Gasteiger partial charge is 0.481 e. The highest BCUT2D eigenvalue weighted by Crippen LogP contribution is 2.25. The third-order valence-corrected chi connectivity index (χ3v) is 4.00. The van der Waals surface area contributed by atoms with Gasteiger partial charge in [0.15, 0.2) is 0 Å². The van der Waals surface area contributed by atoms with Crippen LogP contribution < -0.4 is 0 Å². The van der Waals surface area contributed by atoms with Gasteiger partial charge in [0.05, 0.1) is 0 Å². The standard InChI is InChI=1S/C16H21NO3/c1-17(15(18)8-4-5-9-16(19)20)14-10-12-6-2-3-7-13(12)11-14/h2-3,6-7,14H,4-5,8-11H2,1H3,(H,19,20). The smallest absolute Gasteiger partial charge is 0.303 e. The van der Waals surface area contributed by atoms with Gasteiger partial charge in [-0.3, -0.25) is 9.59 Å². The molecule has 0 unspecified atom stereocenters. The summed E-state index contributed by atoms with van der Waals surface area (Å²) in [5.74, 6) is -0.676. The Morgan fingerprint density at radius 3 is 2.25 bits per heavy atom. The molecule has 1 amide bonds. The molecule has 0 spiro atoms. The van der Waals surface area contributed by atoms with Crippen LogP contribution in [0.2, 0.25) is 0 Å². The number of likely N-dealkylation sites (N-methyl/N-ethyl adjacent to an activating group) is 1. The van der Waals surface area contributed by atoms with Gasteiger partial charge in [0, 0.05) is 25.9 Å². The third-order valence-electron chi connectivity index (χ3n) is 4.00. The summed E-state index contributed by atoms with van der Waals surface area (Å²) in [5, 5.41) is 8.57. The Morgan fingerprint density at radius 2 is 1.70 bits per heavy atom. The SMILES string of the molecule is CN(C(=O)CCCCC(=O)O)C1Cc2ccccc2C1. The van der Waals surface area contributed by atoms with Gasteiger partial charge in [-0.1, -0.05) is 24.3 Å². The molecule has 20 heavy (non-hydrogen) atoms. The number of hydrogen-bond acceptors (Lipinski definition) is 2. The first-order chi connectivity index (χ1) is 9.58. The van der Waals surface area contributed by atoms with Crippen LogP contribution in [-0.2, 0) is 22.4 Å². The van der Waals surface area contributed by atoms with Gasteiger partial charge in [0.1, 0.15) is 0 Å². The molecule has 0 radical (unpaired) electrons. The number of hydrogen-bond donors (Lipinski definition) is 1. The number of aliphatic carboxylic acids is 1. The molecule has 1 aromatic rings. The zero-order valence-corrected chi connectivity index (χ0v) is 11.8. The maximum Gasteiger partial charge on any atom is 0.303 e. The fraction of sp³-hybridized carbons (Fsp3) is 0.500. The second kappa shape index (κ2) is 6.55. The van der Waals surface area contributed by atoms with Crippen molar-refractivity contribution in [1.29, 1.82) is 0 Å². The lowest BCUT2D eigenvalue weighted by Crippen LogP contribution is -2.37. The zero-order chi connectivity index (χ0) is 14.5. The monoisotopic (exact) mass is 275 g/mol. The third kappa shape index (κ3) is 3.59. The van der Waals surface area contributed by atoms with Crippen LogP contribution in [0.1, 0.15) is 36.8 Å². The van der Waals surface area contributed by atoms with Gasteiger partial charge in [0.25, 0.3) is 0 Å². The summed E-state index contributed by atoms with van der Waals surface area (Å²) in [5.41, 5.74) is 2.67. The number of carboxylic acid groups (broad SMARTS) is 1. The maximum atomic E-state index is 12.1. The topological polar surface area (TPSA) is 57.6 Å². The van der Waals surface area contributed by atoms with Crippen LogP contribution in [0.15, 0.2) is 24.3 Å². The lowest BCUT2D eigenvalue weighted by Gasteiger charge is -2.24. The Labute approximate surface area is 119 Å². The molecular weight excluding hydrogens is 254 g/mol. The number of unbranched alkanes of at least 4 members (excludes halogenated alkanes) is 1. The number of carboxylic acids is 1. The van der Waals surface area contributed by atoms with E-state index in [2.05, 4.69) is 12.1 Å². The van der Waals surface area contributed by atoms with Crippen molar-refractivity contribution in [3.8, 4) is 0 Å². The molecule has 4 nitrogen and oxygen atoms in total. The van der Waals surface area contributed by atoms with Crippen molar-refractivity contribution in [1.82, 2.24) is 4.90 Å². The summed E-state index contributed by atoms with van der Waals surface area (Å²) >= 11 is 0. The lowest BCUT2D eigenvalue weighted by molar-refractivity contribution is -0.137. The van der Waals surface area contributed by atoms with Crippen molar-refractivity contribution in [3.63, 3.8) is 0 Å². The highest BCUT2D eigenvalue weighted by atomic mass is 16.4. The van der Waals surface area contributed by atoms with E-state index < -0.39 is 5.97 Å². The predicted octanol–water partition coefficient (Wildman–Crippen LogP) is 2.26. The molecule has 2 rings (SSSR count). The molecule has 0 bridgehead atoms. The highest BCUT2D eigenvalue weighted by molar-refractivity contribution is 5.76. The first-order valence-electron chi connectivity index (χ1n) is 7.12. The van der Waals surface area contributed by atoms with Gasteiger partial charge in [-0.2, -0.15) is 0 Å². The molecule has 0 saturated heterocycles. The van der Waals surface area contributed by atoms with Crippen LogP contribution in [0.3, 0.4) is 0 Å². The van der Waals surface area contributed by atoms with Crippen LogP contribution in [0.5, 0.6) is 0 Å². The summed E-state index contributed by atoms with van der Waals surface area (Å²) in [4.78, 5) is 24.4. The van der Waals surface area contributed by atoms with E-state index in [1.165, 1.54) is 11.1 Å². The van der Waals surface area contributed by atoms with Crippen LogP contribution in [0.4, 0.5) is 0 Å². The maximum absolute atomic E-state index is 12.1. The molecule has 1 aromatic carbocycles. The predicted molar refractivity (Wildman–Crippen MR) is 76.5 cm³/mol. The van der Waals surface area contributed by atoms with E-state index in [1.807, 2.05) is 24.1 Å². The molecule has 1 N–H and O–H groups in total. The van der Waals surface area contributed by atoms with Crippen molar-refractivity contribution >= 4 is 11.9 Å². The van der Waals surface area contributed by atoms with Crippen molar-refractivity contribution in [2.75, 3.05) is 7.05 Å². The van der Waals surface area contributed by atoms with Crippen molar-refractivity contribution in [2.24, 2.45) is 0 Å². The fourth-order valence-electron chi connectivity index (χ4n) is 2.74. The molecule has 0 aliphatic heterocycles. The van der Waals surface area contributed by atoms with E-state index in [-0.39, 0.29) is 18.4 Å². The van der Waals surface area contributed by atoms with Gasteiger partial charge in [0.2, 0.25) is 5.91 Å². The minimum Gasteiger partial charge on any atom is -0.481 e. The molecule has 0 heterocycles.